The number of hydrogen-bond acceptors (Lipinski definition) is 3. The average Bonchev–Trinajstić information content (AvgIpc) is 2.48. The first kappa shape index (κ1) is 17.0. The molecule has 1 aromatic heterocycles. The van der Waals surface area contributed by atoms with Gasteiger partial charge in [0.05, 0.1) is 12.8 Å². The third-order valence-corrected chi connectivity index (χ3v) is 3.56. The molecule has 1 unspecified atom stereocenters. The maximum atomic E-state index is 5.92. The second-order valence-electron chi connectivity index (χ2n) is 5.47. The number of unbranched alkanes of at least 4 members (excludes halogenated alkanes) is 5. The van der Waals surface area contributed by atoms with Gasteiger partial charge >= 0.3 is 0 Å². The molecule has 0 saturated carbocycles. The van der Waals surface area contributed by atoms with Gasteiger partial charge in [-0.05, 0) is 25.0 Å². The van der Waals surface area contributed by atoms with Crippen molar-refractivity contribution in [3.8, 4) is 5.75 Å². The van der Waals surface area contributed by atoms with Gasteiger partial charge in [-0.1, -0.05) is 46.0 Å². The molecule has 1 heterocycles. The van der Waals surface area contributed by atoms with Crippen molar-refractivity contribution >= 4 is 0 Å². The average molecular weight is 278 g/mol. The summed E-state index contributed by atoms with van der Waals surface area (Å²) in [4.78, 5) is 4.40. The van der Waals surface area contributed by atoms with Crippen molar-refractivity contribution in [3.05, 3.63) is 24.0 Å². The Bertz CT molecular complexity index is 337. The van der Waals surface area contributed by atoms with Crippen molar-refractivity contribution in [1.82, 2.24) is 4.98 Å². The molecule has 0 bridgehead atoms. The summed E-state index contributed by atoms with van der Waals surface area (Å²) < 4.78 is 5.71. The van der Waals surface area contributed by atoms with Crippen LogP contribution < -0.4 is 10.5 Å². The highest BCUT2D eigenvalue weighted by Gasteiger charge is 2.03. The van der Waals surface area contributed by atoms with Gasteiger partial charge in [0.1, 0.15) is 5.75 Å². The summed E-state index contributed by atoms with van der Waals surface area (Å²) in [7, 11) is 0. The number of hydrogen-bond donors (Lipinski definition) is 1. The fourth-order valence-corrected chi connectivity index (χ4v) is 2.10. The second kappa shape index (κ2) is 10.7. The minimum Gasteiger partial charge on any atom is -0.492 e. The first-order chi connectivity index (χ1) is 9.76. The predicted molar refractivity (Wildman–Crippen MR) is 85.1 cm³/mol. The topological polar surface area (TPSA) is 48.1 Å². The van der Waals surface area contributed by atoms with Crippen LogP contribution in [0, 0.1) is 0 Å². The standard InChI is InChI=1S/C17H30N2O/c1-3-5-6-7-8-9-12-20-17-11-10-16(19-14-17)13-15(18)4-2/h10-11,14-15H,3-9,12-13,18H2,1-2H3. The molecule has 20 heavy (non-hydrogen) atoms. The number of nitrogens with two attached hydrogens (primary N) is 1. The van der Waals surface area contributed by atoms with Crippen molar-refractivity contribution in [1.29, 1.82) is 0 Å². The third-order valence-electron chi connectivity index (χ3n) is 3.56. The van der Waals surface area contributed by atoms with Crippen molar-refractivity contribution in [3.63, 3.8) is 0 Å². The summed E-state index contributed by atoms with van der Waals surface area (Å²) in [5.74, 6) is 0.868. The Morgan fingerprint density at radius 1 is 1.10 bits per heavy atom. The van der Waals surface area contributed by atoms with Crippen molar-refractivity contribution in [2.75, 3.05) is 6.61 Å². The van der Waals surface area contributed by atoms with Crippen LogP contribution in [0.4, 0.5) is 0 Å². The lowest BCUT2D eigenvalue weighted by molar-refractivity contribution is 0.303. The van der Waals surface area contributed by atoms with E-state index in [0.717, 1.165) is 37.3 Å². The highest BCUT2D eigenvalue weighted by Crippen LogP contribution is 2.12. The van der Waals surface area contributed by atoms with E-state index in [4.69, 9.17) is 10.5 Å². The van der Waals surface area contributed by atoms with E-state index in [2.05, 4.69) is 18.8 Å². The van der Waals surface area contributed by atoms with E-state index in [9.17, 15) is 0 Å². The van der Waals surface area contributed by atoms with Crippen molar-refractivity contribution in [2.45, 2.75) is 71.3 Å². The van der Waals surface area contributed by atoms with E-state index in [0.29, 0.717) is 0 Å². The van der Waals surface area contributed by atoms with Gasteiger partial charge < -0.3 is 10.5 Å². The zero-order valence-electron chi connectivity index (χ0n) is 13.1. The van der Waals surface area contributed by atoms with Crippen molar-refractivity contribution < 1.29 is 4.74 Å². The quantitative estimate of drug-likeness (QED) is 0.620. The zero-order valence-corrected chi connectivity index (χ0v) is 13.1. The molecule has 2 N–H and O–H groups in total. The van der Waals surface area contributed by atoms with Crippen LogP contribution in [0.3, 0.4) is 0 Å². The molecule has 1 atom stereocenters. The fourth-order valence-electron chi connectivity index (χ4n) is 2.10. The lowest BCUT2D eigenvalue weighted by Crippen LogP contribution is -2.21. The summed E-state index contributed by atoms with van der Waals surface area (Å²) in [5, 5.41) is 0. The molecule has 0 radical (unpaired) electrons. The molecule has 3 heteroatoms. The molecule has 114 valence electrons. The van der Waals surface area contributed by atoms with Gasteiger partial charge in [-0.15, -0.1) is 0 Å². The number of ether oxygens (including phenoxy) is 1. The molecule has 0 saturated heterocycles. The summed E-state index contributed by atoms with van der Waals surface area (Å²) in [6.07, 6.45) is 11.4. The number of nitrogens with zero attached hydrogens (tertiary/aromatic N) is 1. The van der Waals surface area contributed by atoms with E-state index in [1.807, 2.05) is 18.3 Å². The molecule has 0 spiro atoms. The molecular weight excluding hydrogens is 248 g/mol. The minimum absolute atomic E-state index is 0.206. The Hall–Kier alpha value is -1.09. The zero-order chi connectivity index (χ0) is 14.6. The van der Waals surface area contributed by atoms with Crippen molar-refractivity contribution in [2.24, 2.45) is 5.73 Å². The summed E-state index contributed by atoms with van der Waals surface area (Å²) >= 11 is 0. The van der Waals surface area contributed by atoms with Gasteiger partial charge in [-0.2, -0.15) is 0 Å². The summed E-state index contributed by atoms with van der Waals surface area (Å²) in [6.45, 7) is 5.14. The number of aromatic nitrogens is 1. The lowest BCUT2D eigenvalue weighted by atomic mass is 10.1. The molecule has 0 amide bonds. The molecule has 0 aliphatic heterocycles. The van der Waals surface area contributed by atoms with Crippen LogP contribution in [0.25, 0.3) is 0 Å². The molecule has 0 aliphatic rings. The highest BCUT2D eigenvalue weighted by molar-refractivity contribution is 5.20. The molecule has 0 aromatic carbocycles. The van der Waals surface area contributed by atoms with Crippen LogP contribution in [-0.2, 0) is 6.42 Å². The summed E-state index contributed by atoms with van der Waals surface area (Å²) in [5.41, 5.74) is 6.97. The van der Waals surface area contributed by atoms with E-state index in [-0.39, 0.29) is 6.04 Å². The Morgan fingerprint density at radius 2 is 1.85 bits per heavy atom. The lowest BCUT2D eigenvalue weighted by Gasteiger charge is -2.09. The van der Waals surface area contributed by atoms with Crippen LogP contribution in [0.2, 0.25) is 0 Å². The van der Waals surface area contributed by atoms with E-state index in [1.165, 1.54) is 32.1 Å². The van der Waals surface area contributed by atoms with Gasteiger partial charge in [0.2, 0.25) is 0 Å². The Morgan fingerprint density at radius 3 is 2.50 bits per heavy atom. The fraction of sp³-hybridized carbons (Fsp3) is 0.706. The summed E-state index contributed by atoms with van der Waals surface area (Å²) in [6, 6.07) is 4.23. The largest absolute Gasteiger partial charge is 0.492 e. The van der Waals surface area contributed by atoms with Crippen LogP contribution in [0.1, 0.15) is 64.5 Å². The van der Waals surface area contributed by atoms with E-state index in [1.54, 1.807) is 0 Å². The highest BCUT2D eigenvalue weighted by atomic mass is 16.5. The maximum absolute atomic E-state index is 5.92. The van der Waals surface area contributed by atoms with E-state index < -0.39 is 0 Å². The molecule has 3 nitrogen and oxygen atoms in total. The van der Waals surface area contributed by atoms with Gasteiger partial charge in [0.15, 0.2) is 0 Å². The van der Waals surface area contributed by atoms with Crippen LogP contribution in [0.5, 0.6) is 5.75 Å². The van der Waals surface area contributed by atoms with Gasteiger partial charge in [0, 0.05) is 18.2 Å². The Kier molecular flexibility index (Phi) is 9.05. The molecule has 1 aromatic rings. The smallest absolute Gasteiger partial charge is 0.137 e. The molecule has 0 aliphatic carbocycles. The second-order valence-corrected chi connectivity index (χ2v) is 5.47. The van der Waals surface area contributed by atoms with Crippen LogP contribution in [-0.4, -0.2) is 17.6 Å². The van der Waals surface area contributed by atoms with Crippen LogP contribution >= 0.6 is 0 Å². The maximum Gasteiger partial charge on any atom is 0.137 e. The number of rotatable bonds is 11. The number of pyridine rings is 1. The molecule has 0 fully saturated rings. The van der Waals surface area contributed by atoms with Gasteiger partial charge in [-0.3, -0.25) is 4.98 Å². The Labute approximate surface area is 123 Å². The Balaban J connectivity index is 2.15. The first-order valence-electron chi connectivity index (χ1n) is 8.09. The molecular formula is C17H30N2O. The van der Waals surface area contributed by atoms with Crippen LogP contribution in [0.15, 0.2) is 18.3 Å². The predicted octanol–water partition coefficient (Wildman–Crippen LogP) is 4.10. The van der Waals surface area contributed by atoms with E-state index >= 15 is 0 Å². The minimum atomic E-state index is 0.206. The normalized spacial score (nSPS) is 12.3. The SMILES string of the molecule is CCCCCCCCOc1ccc(CC(N)CC)nc1. The molecule has 1 rings (SSSR count). The van der Waals surface area contributed by atoms with Gasteiger partial charge in [0.25, 0.3) is 0 Å². The monoisotopic (exact) mass is 278 g/mol. The first-order valence-corrected chi connectivity index (χ1v) is 8.09. The van der Waals surface area contributed by atoms with Gasteiger partial charge in [-0.25, -0.2) is 0 Å². The third kappa shape index (κ3) is 7.49.